The second kappa shape index (κ2) is 9.37. The van der Waals surface area contributed by atoms with E-state index in [1.165, 1.54) is 0 Å². The molecule has 5 nitrogen and oxygen atoms in total. The molecule has 3 aromatic carbocycles. The molecular formula is C28H26ClN3O2. The van der Waals surface area contributed by atoms with Gasteiger partial charge in [-0.05, 0) is 42.3 Å². The van der Waals surface area contributed by atoms with Crippen LogP contribution in [-0.4, -0.2) is 16.4 Å². The molecule has 0 aliphatic carbocycles. The van der Waals surface area contributed by atoms with Crippen molar-refractivity contribution >= 4 is 39.4 Å². The Balaban J connectivity index is 1.39. The number of rotatable bonds is 8. The van der Waals surface area contributed by atoms with Gasteiger partial charge >= 0.3 is 0 Å². The Morgan fingerprint density at radius 3 is 2.59 bits per heavy atom. The first kappa shape index (κ1) is 22.3. The number of hydrogen-bond donors (Lipinski definition) is 3. The zero-order valence-corrected chi connectivity index (χ0v) is 19.7. The Morgan fingerprint density at radius 2 is 1.74 bits per heavy atom. The van der Waals surface area contributed by atoms with Gasteiger partial charge in [-0.1, -0.05) is 66.2 Å². The molecule has 0 aliphatic rings. The summed E-state index contributed by atoms with van der Waals surface area (Å²) in [6.07, 6.45) is 2.48. The SMILES string of the molecule is CC(Cc1c[nH]c2ccccc12)(NCc1cc2ccccc2o1)C(=O)NCc1ccccc1Cl. The molecule has 0 spiro atoms. The van der Waals surface area contributed by atoms with Crippen LogP contribution in [0, 0.1) is 0 Å². The van der Waals surface area contributed by atoms with Crippen LogP contribution in [0.4, 0.5) is 0 Å². The Labute approximate surface area is 203 Å². The van der Waals surface area contributed by atoms with Gasteiger partial charge in [-0.2, -0.15) is 0 Å². The highest BCUT2D eigenvalue weighted by Gasteiger charge is 2.34. The van der Waals surface area contributed by atoms with Crippen molar-refractivity contribution in [3.63, 3.8) is 0 Å². The van der Waals surface area contributed by atoms with E-state index in [4.69, 9.17) is 16.0 Å². The summed E-state index contributed by atoms with van der Waals surface area (Å²) in [4.78, 5) is 16.9. The third-order valence-electron chi connectivity index (χ3n) is 6.25. The monoisotopic (exact) mass is 471 g/mol. The molecule has 0 fully saturated rings. The van der Waals surface area contributed by atoms with Crippen LogP contribution in [0.25, 0.3) is 21.9 Å². The van der Waals surface area contributed by atoms with Crippen LogP contribution in [0.1, 0.15) is 23.8 Å². The minimum atomic E-state index is -0.884. The third-order valence-corrected chi connectivity index (χ3v) is 6.62. The van der Waals surface area contributed by atoms with E-state index in [9.17, 15) is 4.79 Å². The van der Waals surface area contributed by atoms with Crippen LogP contribution < -0.4 is 10.6 Å². The number of aromatic amines is 1. The zero-order valence-electron chi connectivity index (χ0n) is 18.9. The summed E-state index contributed by atoms with van der Waals surface area (Å²) >= 11 is 6.30. The first-order valence-electron chi connectivity index (χ1n) is 11.3. The maximum absolute atomic E-state index is 13.5. The summed E-state index contributed by atoms with van der Waals surface area (Å²) < 4.78 is 5.98. The van der Waals surface area contributed by atoms with Crippen molar-refractivity contribution in [3.05, 3.63) is 107 Å². The highest BCUT2D eigenvalue weighted by Crippen LogP contribution is 2.25. The van der Waals surface area contributed by atoms with Gasteiger partial charge in [-0.25, -0.2) is 0 Å². The smallest absolute Gasteiger partial charge is 0.240 e. The van der Waals surface area contributed by atoms with E-state index in [-0.39, 0.29) is 5.91 Å². The number of carbonyl (C=O) groups is 1. The number of aromatic nitrogens is 1. The fourth-order valence-electron chi connectivity index (χ4n) is 4.30. The number of carbonyl (C=O) groups excluding carboxylic acids is 1. The van der Waals surface area contributed by atoms with E-state index in [1.807, 2.05) is 85.9 Å². The first-order valence-corrected chi connectivity index (χ1v) is 11.7. The van der Waals surface area contributed by atoms with Crippen LogP contribution in [0.3, 0.4) is 0 Å². The first-order chi connectivity index (χ1) is 16.5. The number of H-pyrrole nitrogens is 1. The van der Waals surface area contributed by atoms with Gasteiger partial charge in [0.05, 0.1) is 12.1 Å². The number of amides is 1. The fourth-order valence-corrected chi connectivity index (χ4v) is 4.50. The molecule has 0 saturated carbocycles. The fraction of sp³-hybridized carbons (Fsp3) is 0.179. The molecule has 5 aromatic rings. The Kier molecular flexibility index (Phi) is 6.14. The molecule has 1 unspecified atom stereocenters. The molecule has 6 heteroatoms. The Morgan fingerprint density at radius 1 is 0.971 bits per heavy atom. The average Bonchev–Trinajstić information content (AvgIpc) is 3.46. The van der Waals surface area contributed by atoms with Crippen LogP contribution >= 0.6 is 11.6 Å². The van der Waals surface area contributed by atoms with E-state index in [0.717, 1.165) is 38.8 Å². The van der Waals surface area contributed by atoms with Crippen LogP contribution in [0.15, 0.2) is 89.5 Å². The topological polar surface area (TPSA) is 70.1 Å². The lowest BCUT2D eigenvalue weighted by molar-refractivity contribution is -0.127. The van der Waals surface area contributed by atoms with Gasteiger partial charge in [0.15, 0.2) is 0 Å². The van der Waals surface area contributed by atoms with Gasteiger partial charge in [0.1, 0.15) is 11.3 Å². The second-order valence-corrected chi connectivity index (χ2v) is 9.15. The van der Waals surface area contributed by atoms with Crippen molar-refractivity contribution < 1.29 is 9.21 Å². The van der Waals surface area contributed by atoms with Crippen molar-refractivity contribution in [2.45, 2.75) is 32.0 Å². The molecule has 2 heterocycles. The molecule has 1 atom stereocenters. The number of furan rings is 1. The van der Waals surface area contributed by atoms with Crippen LogP contribution in [-0.2, 0) is 24.3 Å². The van der Waals surface area contributed by atoms with E-state index in [1.54, 1.807) is 0 Å². The quantitative estimate of drug-likeness (QED) is 0.261. The number of para-hydroxylation sites is 2. The van der Waals surface area contributed by atoms with Gasteiger partial charge in [-0.15, -0.1) is 0 Å². The number of benzene rings is 3. The van der Waals surface area contributed by atoms with E-state index in [0.29, 0.717) is 24.5 Å². The maximum atomic E-state index is 13.5. The van der Waals surface area contributed by atoms with Crippen molar-refractivity contribution in [1.29, 1.82) is 0 Å². The predicted molar refractivity (Wildman–Crippen MR) is 137 cm³/mol. The molecule has 2 aromatic heterocycles. The molecule has 3 N–H and O–H groups in total. The molecule has 172 valence electrons. The van der Waals surface area contributed by atoms with Gasteiger partial charge in [0, 0.05) is 40.5 Å². The third kappa shape index (κ3) is 4.58. The molecule has 0 aliphatic heterocycles. The summed E-state index contributed by atoms with van der Waals surface area (Å²) in [5.74, 6) is 0.680. The molecule has 1 amide bonds. The lowest BCUT2D eigenvalue weighted by Crippen LogP contribution is -2.55. The van der Waals surface area contributed by atoms with Gasteiger partial charge < -0.3 is 14.7 Å². The molecular weight excluding hydrogens is 446 g/mol. The average molecular weight is 472 g/mol. The minimum absolute atomic E-state index is 0.103. The summed E-state index contributed by atoms with van der Waals surface area (Å²) in [5, 5.41) is 9.34. The Bertz CT molecular complexity index is 1420. The van der Waals surface area contributed by atoms with E-state index in [2.05, 4.69) is 21.7 Å². The maximum Gasteiger partial charge on any atom is 0.240 e. The number of halogens is 1. The summed E-state index contributed by atoms with van der Waals surface area (Å²) in [6, 6.07) is 25.6. The summed E-state index contributed by atoms with van der Waals surface area (Å²) in [7, 11) is 0. The molecule has 0 bridgehead atoms. The minimum Gasteiger partial charge on any atom is -0.460 e. The molecule has 0 saturated heterocycles. The number of hydrogen-bond acceptors (Lipinski definition) is 3. The molecule has 5 rings (SSSR count). The number of fused-ring (bicyclic) bond motifs is 2. The van der Waals surface area contributed by atoms with Gasteiger partial charge in [0.25, 0.3) is 0 Å². The van der Waals surface area contributed by atoms with Crippen molar-refractivity contribution in [3.8, 4) is 0 Å². The number of nitrogens with one attached hydrogen (secondary N) is 3. The van der Waals surface area contributed by atoms with Crippen molar-refractivity contribution in [2.24, 2.45) is 0 Å². The second-order valence-electron chi connectivity index (χ2n) is 8.75. The van der Waals surface area contributed by atoms with E-state index >= 15 is 0 Å². The standard InChI is InChI=1S/C28H26ClN3O2/c1-28(15-21-17-30-25-12-6-4-10-23(21)25,27(33)31-16-20-9-2-5-11-24(20)29)32-18-22-14-19-8-3-7-13-26(19)34-22/h2-14,17,30,32H,15-16,18H2,1H3,(H,31,33). The Hall–Kier alpha value is -3.54. The highest BCUT2D eigenvalue weighted by atomic mass is 35.5. The van der Waals surface area contributed by atoms with Crippen molar-refractivity contribution in [1.82, 2.24) is 15.6 Å². The van der Waals surface area contributed by atoms with Crippen molar-refractivity contribution in [2.75, 3.05) is 0 Å². The lowest BCUT2D eigenvalue weighted by atomic mass is 9.91. The summed E-state index contributed by atoms with van der Waals surface area (Å²) in [6.45, 7) is 2.71. The molecule has 0 radical (unpaired) electrons. The van der Waals surface area contributed by atoms with Gasteiger partial charge in [0.2, 0.25) is 5.91 Å². The zero-order chi connectivity index (χ0) is 23.5. The largest absolute Gasteiger partial charge is 0.460 e. The van der Waals surface area contributed by atoms with E-state index < -0.39 is 5.54 Å². The van der Waals surface area contributed by atoms with Gasteiger partial charge in [-0.3, -0.25) is 10.1 Å². The van der Waals surface area contributed by atoms with Crippen LogP contribution in [0.5, 0.6) is 0 Å². The highest BCUT2D eigenvalue weighted by molar-refractivity contribution is 6.31. The summed E-state index contributed by atoms with van der Waals surface area (Å²) in [5.41, 5.74) is 2.95. The molecule has 34 heavy (non-hydrogen) atoms. The normalized spacial score (nSPS) is 13.2. The predicted octanol–water partition coefficient (Wildman–Crippen LogP) is 5.97. The lowest BCUT2D eigenvalue weighted by Gasteiger charge is -2.29. The van der Waals surface area contributed by atoms with Crippen LogP contribution in [0.2, 0.25) is 5.02 Å².